The third-order valence-electron chi connectivity index (χ3n) is 3.51. The summed E-state index contributed by atoms with van der Waals surface area (Å²) in [6.45, 7) is 11.1. The van der Waals surface area contributed by atoms with Crippen LogP contribution in [-0.4, -0.2) is 30.6 Å². The van der Waals surface area contributed by atoms with E-state index in [0.29, 0.717) is 0 Å². The van der Waals surface area contributed by atoms with E-state index in [4.69, 9.17) is 4.99 Å². The van der Waals surface area contributed by atoms with Crippen molar-refractivity contribution >= 4 is 52.6 Å². The molecule has 2 aromatic heterocycles. The number of rotatable bonds is 7. The predicted octanol–water partition coefficient (Wildman–Crippen LogP) is 4.21. The van der Waals surface area contributed by atoms with Crippen molar-refractivity contribution < 1.29 is 0 Å². The third-order valence-corrected chi connectivity index (χ3v) is 5.56. The van der Waals surface area contributed by atoms with Crippen LogP contribution in [-0.2, 0) is 11.8 Å². The highest BCUT2D eigenvalue weighted by Crippen LogP contribution is 2.27. The van der Waals surface area contributed by atoms with Crippen molar-refractivity contribution in [3.8, 4) is 0 Å². The van der Waals surface area contributed by atoms with E-state index in [9.17, 15) is 0 Å². The summed E-state index contributed by atoms with van der Waals surface area (Å²) in [5.41, 5.74) is 1.21. The highest BCUT2D eigenvalue weighted by atomic mass is 127. The van der Waals surface area contributed by atoms with E-state index in [1.165, 1.54) is 4.88 Å². The number of halogens is 1. The van der Waals surface area contributed by atoms with Gasteiger partial charge in [0.15, 0.2) is 5.96 Å². The summed E-state index contributed by atoms with van der Waals surface area (Å²) in [5, 5.41) is 12.1. The minimum absolute atomic E-state index is 0. The normalized spacial score (nSPS) is 11.9. The second-order valence-electron chi connectivity index (χ2n) is 6.09. The number of aromatic nitrogens is 1. The summed E-state index contributed by atoms with van der Waals surface area (Å²) in [7, 11) is 0. The number of nitrogens with one attached hydrogen (secondary N) is 2. The molecule has 24 heavy (non-hydrogen) atoms. The molecule has 0 atom stereocenters. The van der Waals surface area contributed by atoms with Crippen molar-refractivity contribution in [2.24, 2.45) is 4.99 Å². The zero-order chi connectivity index (χ0) is 16.7. The number of hydrogen-bond acceptors (Lipinski definition) is 4. The zero-order valence-electron chi connectivity index (χ0n) is 14.8. The number of thiazole rings is 1. The summed E-state index contributed by atoms with van der Waals surface area (Å²) in [6.07, 6.45) is 0.920. The van der Waals surface area contributed by atoms with Crippen LogP contribution in [0, 0.1) is 6.92 Å². The van der Waals surface area contributed by atoms with Crippen LogP contribution >= 0.6 is 46.7 Å². The summed E-state index contributed by atoms with van der Waals surface area (Å²) < 4.78 is 0. The molecule has 0 spiro atoms. The molecule has 0 bridgehead atoms. The van der Waals surface area contributed by atoms with Crippen molar-refractivity contribution in [1.82, 2.24) is 15.6 Å². The Morgan fingerprint density at radius 1 is 1.29 bits per heavy atom. The Morgan fingerprint density at radius 3 is 2.67 bits per heavy atom. The number of aliphatic imine (C=N–C) groups is 1. The van der Waals surface area contributed by atoms with Crippen LogP contribution in [0.2, 0.25) is 0 Å². The molecule has 0 aliphatic carbocycles. The van der Waals surface area contributed by atoms with Gasteiger partial charge in [-0.3, -0.25) is 4.99 Å². The molecule has 0 aromatic carbocycles. The molecule has 4 nitrogen and oxygen atoms in total. The maximum absolute atomic E-state index is 4.76. The van der Waals surface area contributed by atoms with E-state index in [2.05, 4.69) is 59.3 Å². The molecule has 7 heteroatoms. The van der Waals surface area contributed by atoms with Gasteiger partial charge in [-0.25, -0.2) is 4.98 Å². The van der Waals surface area contributed by atoms with Crippen LogP contribution in [0.15, 0.2) is 27.9 Å². The Hall–Kier alpha value is -0.670. The number of thiophene rings is 1. The lowest BCUT2D eigenvalue weighted by Crippen LogP contribution is -2.39. The standard InChI is InChI=1S/C17H26N4S2.HI/c1-5-18-16(19-9-8-14-11-23-13(2)21-14)20-12-17(3,4)15-7-6-10-22-15;/h6-7,10-11H,5,8-9,12H2,1-4H3,(H2,18,19,20);1H. The second kappa shape index (κ2) is 10.4. The van der Waals surface area contributed by atoms with Crippen LogP contribution in [0.4, 0.5) is 0 Å². The third kappa shape index (κ3) is 6.68. The lowest BCUT2D eigenvalue weighted by molar-refractivity contribution is 0.548. The van der Waals surface area contributed by atoms with Crippen molar-refractivity contribution in [2.45, 2.75) is 39.5 Å². The summed E-state index contributed by atoms with van der Waals surface area (Å²) in [5.74, 6) is 0.879. The van der Waals surface area contributed by atoms with E-state index in [1.54, 1.807) is 22.7 Å². The molecule has 0 saturated carbocycles. The maximum Gasteiger partial charge on any atom is 0.191 e. The summed E-state index contributed by atoms with van der Waals surface area (Å²) >= 11 is 3.50. The first-order valence-electron chi connectivity index (χ1n) is 7.98. The molecule has 2 rings (SSSR count). The van der Waals surface area contributed by atoms with Gasteiger partial charge in [0.1, 0.15) is 0 Å². The molecule has 0 radical (unpaired) electrons. The number of aryl methyl sites for hydroxylation is 1. The Labute approximate surface area is 170 Å². The molecule has 0 aliphatic heterocycles. The van der Waals surface area contributed by atoms with Gasteiger partial charge in [0, 0.05) is 35.2 Å². The number of nitrogens with zero attached hydrogens (tertiary/aromatic N) is 2. The van der Waals surface area contributed by atoms with Crippen LogP contribution in [0.25, 0.3) is 0 Å². The van der Waals surface area contributed by atoms with Crippen molar-refractivity contribution in [2.75, 3.05) is 19.6 Å². The Kier molecular flexibility index (Phi) is 9.22. The monoisotopic (exact) mass is 478 g/mol. The van der Waals surface area contributed by atoms with Crippen molar-refractivity contribution in [1.29, 1.82) is 0 Å². The van der Waals surface area contributed by atoms with Gasteiger partial charge in [-0.15, -0.1) is 46.7 Å². The molecule has 0 amide bonds. The van der Waals surface area contributed by atoms with E-state index in [1.807, 2.05) is 6.92 Å². The predicted molar refractivity (Wildman–Crippen MR) is 117 cm³/mol. The van der Waals surface area contributed by atoms with Gasteiger partial charge in [0.25, 0.3) is 0 Å². The Bertz CT molecular complexity index is 620. The molecule has 2 heterocycles. The Balaban J connectivity index is 0.00000288. The van der Waals surface area contributed by atoms with Crippen molar-refractivity contribution in [3.63, 3.8) is 0 Å². The fourth-order valence-electron chi connectivity index (χ4n) is 2.19. The highest BCUT2D eigenvalue weighted by Gasteiger charge is 2.21. The van der Waals surface area contributed by atoms with Gasteiger partial charge >= 0.3 is 0 Å². The van der Waals surface area contributed by atoms with Gasteiger partial charge in [0.05, 0.1) is 17.2 Å². The number of hydrogen-bond donors (Lipinski definition) is 2. The maximum atomic E-state index is 4.76. The summed E-state index contributed by atoms with van der Waals surface area (Å²) in [6, 6.07) is 4.29. The smallest absolute Gasteiger partial charge is 0.191 e. The zero-order valence-corrected chi connectivity index (χ0v) is 18.7. The van der Waals surface area contributed by atoms with Crippen LogP contribution in [0.5, 0.6) is 0 Å². The number of guanidine groups is 1. The molecule has 0 fully saturated rings. The van der Waals surface area contributed by atoms with Crippen LogP contribution in [0.3, 0.4) is 0 Å². The first-order valence-corrected chi connectivity index (χ1v) is 9.74. The quantitative estimate of drug-likeness (QED) is 0.356. The fraction of sp³-hybridized carbons (Fsp3) is 0.529. The van der Waals surface area contributed by atoms with E-state index in [0.717, 1.165) is 42.7 Å². The molecule has 0 aliphatic rings. The van der Waals surface area contributed by atoms with Crippen LogP contribution in [0.1, 0.15) is 36.3 Å². The summed E-state index contributed by atoms with van der Waals surface area (Å²) in [4.78, 5) is 10.6. The molecule has 2 N–H and O–H groups in total. The fourth-order valence-corrected chi connectivity index (χ4v) is 3.68. The SMILES string of the molecule is CCNC(=NCC(C)(C)c1cccs1)NCCc1csc(C)n1.I. The lowest BCUT2D eigenvalue weighted by Gasteiger charge is -2.21. The minimum atomic E-state index is 0. The molecule has 134 valence electrons. The van der Waals surface area contributed by atoms with Gasteiger partial charge in [-0.05, 0) is 25.3 Å². The van der Waals surface area contributed by atoms with Crippen molar-refractivity contribution in [3.05, 3.63) is 38.5 Å². The topological polar surface area (TPSA) is 49.3 Å². The van der Waals surface area contributed by atoms with E-state index >= 15 is 0 Å². The van der Waals surface area contributed by atoms with E-state index in [-0.39, 0.29) is 29.4 Å². The van der Waals surface area contributed by atoms with Gasteiger partial charge in [-0.2, -0.15) is 0 Å². The molecular weight excluding hydrogens is 451 g/mol. The second-order valence-corrected chi connectivity index (χ2v) is 8.10. The largest absolute Gasteiger partial charge is 0.357 e. The lowest BCUT2D eigenvalue weighted by atomic mass is 9.92. The van der Waals surface area contributed by atoms with Crippen LogP contribution < -0.4 is 10.6 Å². The first kappa shape index (κ1) is 21.4. The minimum Gasteiger partial charge on any atom is -0.357 e. The van der Waals surface area contributed by atoms with Gasteiger partial charge < -0.3 is 10.6 Å². The average molecular weight is 478 g/mol. The molecule has 0 saturated heterocycles. The first-order chi connectivity index (χ1) is 11.0. The molecule has 2 aromatic rings. The molecule has 0 unspecified atom stereocenters. The highest BCUT2D eigenvalue weighted by molar-refractivity contribution is 14.0. The molecular formula is C17H27IN4S2. The van der Waals surface area contributed by atoms with Gasteiger partial charge in [0.2, 0.25) is 0 Å². The Morgan fingerprint density at radius 2 is 2.08 bits per heavy atom. The van der Waals surface area contributed by atoms with E-state index < -0.39 is 0 Å². The average Bonchev–Trinajstić information content (AvgIpc) is 3.17. The van der Waals surface area contributed by atoms with Gasteiger partial charge in [-0.1, -0.05) is 19.9 Å².